The maximum atomic E-state index is 10.6. The number of aliphatic carboxylic acids is 1. The first-order valence-electron chi connectivity index (χ1n) is 5.82. The van der Waals surface area contributed by atoms with E-state index in [2.05, 4.69) is 11.2 Å². The molecule has 4 nitrogen and oxygen atoms in total. The summed E-state index contributed by atoms with van der Waals surface area (Å²) in [6.07, 6.45) is 0.190. The van der Waals surface area contributed by atoms with E-state index in [1.165, 1.54) is 0 Å². The molecular weight excluding hydrogens is 248 g/mol. The fraction of sp³-hybridized carbons (Fsp3) is 0.385. The van der Waals surface area contributed by atoms with Gasteiger partial charge in [-0.2, -0.15) is 16.9 Å². The van der Waals surface area contributed by atoms with Crippen LogP contribution in [0.4, 0.5) is 0 Å². The van der Waals surface area contributed by atoms with Crippen molar-refractivity contribution in [2.75, 3.05) is 0 Å². The van der Waals surface area contributed by atoms with Crippen LogP contribution in [0.5, 0.6) is 0 Å². The Morgan fingerprint density at radius 2 is 2.22 bits per heavy atom. The minimum atomic E-state index is -0.749. The number of fused-ring (bicyclic) bond motifs is 1. The minimum Gasteiger partial charge on any atom is -0.481 e. The monoisotopic (exact) mass is 264 g/mol. The number of rotatable bonds is 5. The Balaban J connectivity index is 2.10. The fourth-order valence-corrected chi connectivity index (χ4v) is 2.84. The summed E-state index contributed by atoms with van der Waals surface area (Å²) in [5, 5.41) is 14.5. The summed E-state index contributed by atoms with van der Waals surface area (Å²) in [6, 6.07) is 8.09. The van der Waals surface area contributed by atoms with Gasteiger partial charge in [-0.15, -0.1) is 0 Å². The zero-order valence-corrected chi connectivity index (χ0v) is 11.3. The molecule has 0 amide bonds. The molecule has 1 atom stereocenters. The molecule has 5 heteroatoms. The summed E-state index contributed by atoms with van der Waals surface area (Å²) in [7, 11) is 1.93. The van der Waals surface area contributed by atoms with Crippen LogP contribution in [0, 0.1) is 0 Å². The van der Waals surface area contributed by atoms with Crippen molar-refractivity contribution in [3.8, 4) is 0 Å². The average molecular weight is 264 g/mol. The van der Waals surface area contributed by atoms with Crippen molar-refractivity contribution in [2.24, 2.45) is 7.05 Å². The van der Waals surface area contributed by atoms with Crippen LogP contribution in [0.3, 0.4) is 0 Å². The van der Waals surface area contributed by atoms with Crippen LogP contribution in [-0.2, 0) is 17.6 Å². The van der Waals surface area contributed by atoms with Gasteiger partial charge in [0.25, 0.3) is 0 Å². The zero-order valence-electron chi connectivity index (χ0n) is 10.5. The Bertz CT molecular complexity index is 565. The summed E-state index contributed by atoms with van der Waals surface area (Å²) in [5.74, 6) is -0.00335. The van der Waals surface area contributed by atoms with Crippen LogP contribution in [0.25, 0.3) is 10.9 Å². The third-order valence-corrected chi connectivity index (χ3v) is 3.98. The molecule has 0 aliphatic rings. The molecule has 2 aromatic rings. The van der Waals surface area contributed by atoms with Crippen LogP contribution >= 0.6 is 11.8 Å². The SMILES string of the molecule is CC(CC(=O)O)SCc1nn(C)c2ccccc12. The number of aromatic nitrogens is 2. The van der Waals surface area contributed by atoms with Crippen molar-refractivity contribution < 1.29 is 9.90 Å². The van der Waals surface area contributed by atoms with E-state index in [0.717, 1.165) is 22.3 Å². The molecule has 0 radical (unpaired) electrons. The number of thioether (sulfide) groups is 1. The number of para-hydroxylation sites is 1. The molecule has 18 heavy (non-hydrogen) atoms. The number of hydrogen-bond donors (Lipinski definition) is 1. The summed E-state index contributed by atoms with van der Waals surface area (Å²) in [5.41, 5.74) is 2.13. The molecule has 0 spiro atoms. The number of nitrogens with zero attached hydrogens (tertiary/aromatic N) is 2. The number of benzene rings is 1. The second kappa shape index (κ2) is 5.44. The predicted octanol–water partition coefficient (Wildman–Crippen LogP) is 2.67. The lowest BCUT2D eigenvalue weighted by atomic mass is 10.2. The molecule has 2 rings (SSSR count). The Morgan fingerprint density at radius 1 is 1.50 bits per heavy atom. The van der Waals surface area contributed by atoms with Gasteiger partial charge in [0.2, 0.25) is 0 Å². The molecule has 1 aromatic heterocycles. The van der Waals surface area contributed by atoms with Crippen LogP contribution in [0.1, 0.15) is 19.0 Å². The molecular formula is C13H16N2O2S. The van der Waals surface area contributed by atoms with E-state index in [0.29, 0.717) is 0 Å². The summed E-state index contributed by atoms with van der Waals surface area (Å²) in [6.45, 7) is 1.93. The highest BCUT2D eigenvalue weighted by atomic mass is 32.2. The lowest BCUT2D eigenvalue weighted by molar-refractivity contribution is -0.136. The average Bonchev–Trinajstić information content (AvgIpc) is 2.64. The van der Waals surface area contributed by atoms with Crippen LogP contribution in [0.2, 0.25) is 0 Å². The van der Waals surface area contributed by atoms with E-state index in [4.69, 9.17) is 5.11 Å². The van der Waals surface area contributed by atoms with Crippen molar-refractivity contribution in [2.45, 2.75) is 24.3 Å². The van der Waals surface area contributed by atoms with Gasteiger partial charge in [-0.3, -0.25) is 9.48 Å². The largest absolute Gasteiger partial charge is 0.481 e. The molecule has 0 fully saturated rings. The number of carboxylic acid groups (broad SMARTS) is 1. The molecule has 0 saturated carbocycles. The van der Waals surface area contributed by atoms with Crippen molar-refractivity contribution in [1.82, 2.24) is 9.78 Å². The van der Waals surface area contributed by atoms with Gasteiger partial charge < -0.3 is 5.11 Å². The van der Waals surface area contributed by atoms with Gasteiger partial charge in [0.05, 0.1) is 17.6 Å². The minimum absolute atomic E-state index is 0.100. The summed E-state index contributed by atoms with van der Waals surface area (Å²) < 4.78 is 1.87. The van der Waals surface area contributed by atoms with Crippen LogP contribution in [-0.4, -0.2) is 26.1 Å². The van der Waals surface area contributed by atoms with E-state index >= 15 is 0 Å². The van der Waals surface area contributed by atoms with Crippen molar-refractivity contribution in [3.05, 3.63) is 30.0 Å². The first kappa shape index (κ1) is 13.0. The third-order valence-electron chi connectivity index (χ3n) is 2.80. The van der Waals surface area contributed by atoms with Gasteiger partial charge in [0.1, 0.15) is 0 Å². The topological polar surface area (TPSA) is 55.1 Å². The molecule has 0 aliphatic heterocycles. The number of aryl methyl sites for hydroxylation is 1. The molecule has 0 saturated heterocycles. The maximum absolute atomic E-state index is 10.6. The van der Waals surface area contributed by atoms with Gasteiger partial charge >= 0.3 is 5.97 Å². The lowest BCUT2D eigenvalue weighted by Gasteiger charge is -2.06. The molecule has 1 N–H and O–H groups in total. The first-order valence-corrected chi connectivity index (χ1v) is 6.87. The van der Waals surface area contributed by atoms with Crippen molar-refractivity contribution in [1.29, 1.82) is 0 Å². The highest BCUT2D eigenvalue weighted by Gasteiger charge is 2.12. The second-order valence-electron chi connectivity index (χ2n) is 4.31. The van der Waals surface area contributed by atoms with Gasteiger partial charge in [-0.05, 0) is 6.07 Å². The standard InChI is InChI=1S/C13H16N2O2S/c1-9(7-13(16)17)18-8-11-10-5-3-4-6-12(10)15(2)14-11/h3-6,9H,7-8H2,1-2H3,(H,16,17). The van der Waals surface area contributed by atoms with Crippen LogP contribution < -0.4 is 0 Å². The number of hydrogen-bond acceptors (Lipinski definition) is 3. The highest BCUT2D eigenvalue weighted by Crippen LogP contribution is 2.24. The molecule has 1 aromatic carbocycles. The maximum Gasteiger partial charge on any atom is 0.304 e. The Hall–Kier alpha value is -1.49. The molecule has 0 aliphatic carbocycles. The van der Waals surface area contributed by atoms with Crippen molar-refractivity contribution in [3.63, 3.8) is 0 Å². The Labute approximate surface area is 110 Å². The zero-order chi connectivity index (χ0) is 13.1. The van der Waals surface area contributed by atoms with Gasteiger partial charge in [-0.25, -0.2) is 0 Å². The number of carboxylic acids is 1. The van der Waals surface area contributed by atoms with E-state index in [1.54, 1.807) is 11.8 Å². The normalized spacial score (nSPS) is 12.8. The van der Waals surface area contributed by atoms with E-state index < -0.39 is 5.97 Å². The quantitative estimate of drug-likeness (QED) is 0.902. The van der Waals surface area contributed by atoms with Gasteiger partial charge in [0, 0.05) is 23.4 Å². The lowest BCUT2D eigenvalue weighted by Crippen LogP contribution is -2.06. The third kappa shape index (κ3) is 2.85. The van der Waals surface area contributed by atoms with E-state index in [-0.39, 0.29) is 11.7 Å². The van der Waals surface area contributed by atoms with Gasteiger partial charge in [-0.1, -0.05) is 25.1 Å². The Morgan fingerprint density at radius 3 is 2.94 bits per heavy atom. The Kier molecular flexibility index (Phi) is 3.91. The van der Waals surface area contributed by atoms with E-state index in [9.17, 15) is 4.79 Å². The molecule has 1 unspecified atom stereocenters. The van der Waals surface area contributed by atoms with E-state index in [1.807, 2.05) is 36.9 Å². The second-order valence-corrected chi connectivity index (χ2v) is 5.73. The summed E-state index contributed by atoms with van der Waals surface area (Å²) >= 11 is 1.63. The van der Waals surface area contributed by atoms with Gasteiger partial charge in [0.15, 0.2) is 0 Å². The number of carbonyl (C=O) groups is 1. The molecule has 96 valence electrons. The molecule has 0 bridgehead atoms. The molecule has 1 heterocycles. The van der Waals surface area contributed by atoms with Crippen molar-refractivity contribution >= 4 is 28.6 Å². The summed E-state index contributed by atoms with van der Waals surface area (Å²) in [4.78, 5) is 10.6. The fourth-order valence-electron chi connectivity index (χ4n) is 1.92. The first-order chi connectivity index (χ1) is 8.58. The van der Waals surface area contributed by atoms with Crippen LogP contribution in [0.15, 0.2) is 24.3 Å². The highest BCUT2D eigenvalue weighted by molar-refractivity contribution is 7.99. The predicted molar refractivity (Wildman–Crippen MR) is 73.7 cm³/mol. The smallest absolute Gasteiger partial charge is 0.304 e.